The van der Waals surface area contributed by atoms with E-state index in [2.05, 4.69) is 0 Å². The molecule has 90 valence electrons. The van der Waals surface area contributed by atoms with Gasteiger partial charge in [0.1, 0.15) is 5.38 Å². The Morgan fingerprint density at radius 3 is 1.89 bits per heavy atom. The van der Waals surface area contributed by atoms with Crippen LogP contribution in [0.3, 0.4) is 0 Å². The van der Waals surface area contributed by atoms with Crippen LogP contribution in [-0.4, -0.2) is 15.9 Å². The molecule has 2 nitrogen and oxygen atoms in total. The highest BCUT2D eigenvalue weighted by molar-refractivity contribution is 6.32. The Morgan fingerprint density at radius 1 is 1.00 bits per heavy atom. The summed E-state index contributed by atoms with van der Waals surface area (Å²) in [6, 6.07) is 15.8. The number of carbonyl (C=O) groups excluding carboxylic acids is 1. The quantitative estimate of drug-likeness (QED) is 0.603. The van der Waals surface area contributed by atoms with Crippen LogP contribution in [0.2, 0.25) is 0 Å². The number of aromatic nitrogens is 1. The van der Waals surface area contributed by atoms with Crippen LogP contribution >= 0.6 is 11.6 Å². The molecule has 0 radical (unpaired) electrons. The maximum Gasteiger partial charge on any atom is 0.249 e. The van der Waals surface area contributed by atoms with Crippen molar-refractivity contribution >= 4 is 39.3 Å². The molecule has 1 heterocycles. The van der Waals surface area contributed by atoms with Gasteiger partial charge in [-0.05, 0) is 19.1 Å². The maximum absolute atomic E-state index is 12.3. The number of para-hydroxylation sites is 2. The van der Waals surface area contributed by atoms with Crippen LogP contribution in [0.4, 0.5) is 0 Å². The maximum atomic E-state index is 12.3. The van der Waals surface area contributed by atoms with Gasteiger partial charge in [0.15, 0.2) is 0 Å². The van der Waals surface area contributed by atoms with Crippen LogP contribution < -0.4 is 0 Å². The Hall–Kier alpha value is -1.80. The average Bonchev–Trinajstić information content (AvgIpc) is 2.72. The highest BCUT2D eigenvalue weighted by atomic mass is 35.5. The second-order valence-corrected chi connectivity index (χ2v) is 4.98. The molecule has 1 aromatic heterocycles. The summed E-state index contributed by atoms with van der Waals surface area (Å²) < 4.78 is 1.71. The predicted molar refractivity (Wildman–Crippen MR) is 75.4 cm³/mol. The lowest BCUT2D eigenvalue weighted by molar-refractivity contribution is 0.0923. The monoisotopic (exact) mass is 257 g/mol. The Kier molecular flexibility index (Phi) is 2.60. The van der Waals surface area contributed by atoms with Crippen molar-refractivity contribution in [1.82, 2.24) is 4.57 Å². The first-order chi connectivity index (χ1) is 8.70. The molecule has 0 saturated carbocycles. The molecule has 0 aliphatic carbocycles. The predicted octanol–water partition coefficient (Wildman–Crippen LogP) is 4.06. The summed E-state index contributed by atoms with van der Waals surface area (Å²) in [5.74, 6) is -0.0888. The number of rotatable bonds is 1. The van der Waals surface area contributed by atoms with Crippen LogP contribution in [0.25, 0.3) is 21.8 Å². The molecular formula is C15H12ClNO. The lowest BCUT2D eigenvalue weighted by Crippen LogP contribution is -2.18. The van der Waals surface area contributed by atoms with E-state index in [1.807, 2.05) is 48.5 Å². The van der Waals surface area contributed by atoms with Gasteiger partial charge in [0.25, 0.3) is 0 Å². The van der Waals surface area contributed by atoms with E-state index in [0.29, 0.717) is 0 Å². The molecule has 0 N–H and O–H groups in total. The number of carbonyl (C=O) groups is 1. The Bertz CT molecular complexity index is 689. The minimum atomic E-state index is -0.538. The van der Waals surface area contributed by atoms with E-state index in [4.69, 9.17) is 11.6 Å². The molecule has 0 bridgehead atoms. The molecule has 2 aromatic carbocycles. The van der Waals surface area contributed by atoms with Crippen molar-refractivity contribution < 1.29 is 4.79 Å². The van der Waals surface area contributed by atoms with Gasteiger partial charge < -0.3 is 0 Å². The number of halogens is 1. The molecular weight excluding hydrogens is 246 g/mol. The third-order valence-electron chi connectivity index (χ3n) is 3.14. The van der Waals surface area contributed by atoms with Gasteiger partial charge in [0, 0.05) is 10.8 Å². The molecule has 0 amide bonds. The summed E-state index contributed by atoms with van der Waals surface area (Å²) in [6.07, 6.45) is 0. The highest BCUT2D eigenvalue weighted by Crippen LogP contribution is 2.29. The number of hydrogen-bond acceptors (Lipinski definition) is 1. The van der Waals surface area contributed by atoms with Gasteiger partial charge in [-0.25, -0.2) is 0 Å². The van der Waals surface area contributed by atoms with E-state index in [-0.39, 0.29) is 5.91 Å². The van der Waals surface area contributed by atoms with Crippen molar-refractivity contribution in [3.8, 4) is 0 Å². The minimum absolute atomic E-state index is 0.0888. The smallest absolute Gasteiger partial charge is 0.249 e. The van der Waals surface area contributed by atoms with E-state index in [1.54, 1.807) is 11.5 Å². The van der Waals surface area contributed by atoms with E-state index in [9.17, 15) is 4.79 Å². The molecule has 3 aromatic rings. The number of benzene rings is 2. The van der Waals surface area contributed by atoms with Gasteiger partial charge in [0.2, 0.25) is 5.91 Å². The Labute approximate surface area is 110 Å². The van der Waals surface area contributed by atoms with Crippen LogP contribution in [0.1, 0.15) is 11.7 Å². The summed E-state index contributed by atoms with van der Waals surface area (Å²) in [5.41, 5.74) is 1.83. The van der Waals surface area contributed by atoms with E-state index in [0.717, 1.165) is 21.8 Å². The standard InChI is InChI=1S/C15H12ClNO/c1-10(16)15(18)17-13-8-4-2-6-11(13)12-7-3-5-9-14(12)17/h2-10H,1H3/t10-/m1/s1. The lowest BCUT2D eigenvalue weighted by atomic mass is 10.2. The fraction of sp³-hybridized carbons (Fsp3) is 0.133. The Balaban J connectivity index is 2.49. The first-order valence-electron chi connectivity index (χ1n) is 5.86. The number of hydrogen-bond donors (Lipinski definition) is 0. The zero-order chi connectivity index (χ0) is 12.7. The van der Waals surface area contributed by atoms with Crippen molar-refractivity contribution in [1.29, 1.82) is 0 Å². The van der Waals surface area contributed by atoms with Gasteiger partial charge in [-0.2, -0.15) is 0 Å². The highest BCUT2D eigenvalue weighted by Gasteiger charge is 2.18. The van der Waals surface area contributed by atoms with Gasteiger partial charge >= 0.3 is 0 Å². The van der Waals surface area contributed by atoms with Crippen molar-refractivity contribution in [2.24, 2.45) is 0 Å². The molecule has 18 heavy (non-hydrogen) atoms. The number of fused-ring (bicyclic) bond motifs is 3. The molecule has 3 heteroatoms. The number of alkyl halides is 1. The molecule has 3 rings (SSSR count). The molecule has 0 unspecified atom stereocenters. The van der Waals surface area contributed by atoms with Crippen LogP contribution in [0.15, 0.2) is 48.5 Å². The van der Waals surface area contributed by atoms with E-state index >= 15 is 0 Å². The van der Waals surface area contributed by atoms with Crippen molar-refractivity contribution in [2.75, 3.05) is 0 Å². The van der Waals surface area contributed by atoms with Crippen LogP contribution in [0.5, 0.6) is 0 Å². The summed E-state index contributed by atoms with van der Waals surface area (Å²) in [6.45, 7) is 1.70. The third kappa shape index (κ3) is 1.53. The van der Waals surface area contributed by atoms with E-state index < -0.39 is 5.38 Å². The van der Waals surface area contributed by atoms with Crippen LogP contribution in [-0.2, 0) is 0 Å². The molecule has 1 atom stereocenters. The molecule has 0 spiro atoms. The average molecular weight is 258 g/mol. The topological polar surface area (TPSA) is 22.0 Å². The third-order valence-corrected chi connectivity index (χ3v) is 3.33. The summed E-state index contributed by atoms with van der Waals surface area (Å²) in [7, 11) is 0. The normalized spacial score (nSPS) is 13.0. The first kappa shape index (κ1) is 11.3. The van der Waals surface area contributed by atoms with Gasteiger partial charge in [0.05, 0.1) is 11.0 Å². The fourth-order valence-corrected chi connectivity index (χ4v) is 2.44. The SMILES string of the molecule is C[C@@H](Cl)C(=O)n1c2ccccc2c2ccccc21. The van der Waals surface area contributed by atoms with Gasteiger partial charge in [-0.1, -0.05) is 36.4 Å². The van der Waals surface area contributed by atoms with Gasteiger partial charge in [-0.3, -0.25) is 9.36 Å². The zero-order valence-electron chi connectivity index (χ0n) is 9.93. The second kappa shape index (κ2) is 4.14. The summed E-state index contributed by atoms with van der Waals surface area (Å²) in [4.78, 5) is 12.3. The first-order valence-corrected chi connectivity index (χ1v) is 6.30. The summed E-state index contributed by atoms with van der Waals surface area (Å²) >= 11 is 5.95. The minimum Gasteiger partial charge on any atom is -0.279 e. The van der Waals surface area contributed by atoms with E-state index in [1.165, 1.54) is 0 Å². The molecule has 0 saturated heterocycles. The van der Waals surface area contributed by atoms with Crippen LogP contribution in [0, 0.1) is 0 Å². The second-order valence-electron chi connectivity index (χ2n) is 4.32. The van der Waals surface area contributed by atoms with Gasteiger partial charge in [-0.15, -0.1) is 11.6 Å². The Morgan fingerprint density at radius 2 is 1.44 bits per heavy atom. The summed E-state index contributed by atoms with van der Waals surface area (Å²) in [5, 5.41) is 1.63. The lowest BCUT2D eigenvalue weighted by Gasteiger charge is -2.07. The number of nitrogens with zero attached hydrogens (tertiary/aromatic N) is 1. The largest absolute Gasteiger partial charge is 0.279 e. The zero-order valence-corrected chi connectivity index (χ0v) is 10.7. The van der Waals surface area contributed by atoms with Crippen molar-refractivity contribution in [3.05, 3.63) is 48.5 Å². The molecule has 0 aliphatic rings. The van der Waals surface area contributed by atoms with Crippen molar-refractivity contribution in [2.45, 2.75) is 12.3 Å². The fourth-order valence-electron chi connectivity index (χ4n) is 2.34. The molecule has 0 aliphatic heterocycles. The van der Waals surface area contributed by atoms with Crippen molar-refractivity contribution in [3.63, 3.8) is 0 Å². The molecule has 0 fully saturated rings.